The Labute approximate surface area is 137 Å². The van der Waals surface area contributed by atoms with Gasteiger partial charge in [0.1, 0.15) is 5.75 Å². The standard InChI is InChI=1S/C15H15ClN4O3/c16-10-8-18-20(9-10)6-5-17-14(21)7-13-15(22)19-11-3-1-2-4-12(11)23-13/h1-4,8-9,13H,5-7H2,(H,17,21)(H,19,22). The van der Waals surface area contributed by atoms with Gasteiger partial charge in [0.05, 0.1) is 29.9 Å². The highest BCUT2D eigenvalue weighted by molar-refractivity contribution is 6.30. The molecular formula is C15H15ClN4O3. The average Bonchev–Trinajstić information content (AvgIpc) is 2.93. The summed E-state index contributed by atoms with van der Waals surface area (Å²) in [4.78, 5) is 23.9. The number of nitrogens with zero attached hydrogens (tertiary/aromatic N) is 2. The Balaban J connectivity index is 1.49. The lowest BCUT2D eigenvalue weighted by Gasteiger charge is -2.25. The maximum absolute atomic E-state index is 11.9. The number of hydrogen-bond acceptors (Lipinski definition) is 4. The number of halogens is 1. The Morgan fingerprint density at radius 2 is 2.26 bits per heavy atom. The molecular weight excluding hydrogens is 320 g/mol. The van der Waals surface area contributed by atoms with E-state index in [9.17, 15) is 9.59 Å². The first-order chi connectivity index (χ1) is 11.1. The van der Waals surface area contributed by atoms with E-state index in [4.69, 9.17) is 16.3 Å². The lowest BCUT2D eigenvalue weighted by Crippen LogP contribution is -2.41. The van der Waals surface area contributed by atoms with Crippen LogP contribution in [0.25, 0.3) is 0 Å². The number of anilines is 1. The van der Waals surface area contributed by atoms with Crippen molar-refractivity contribution in [3.8, 4) is 5.75 Å². The molecule has 23 heavy (non-hydrogen) atoms. The predicted molar refractivity (Wildman–Crippen MR) is 84.4 cm³/mol. The summed E-state index contributed by atoms with van der Waals surface area (Å²) in [5.74, 6) is -0.0171. The molecule has 8 heteroatoms. The number of carbonyl (C=O) groups excluding carboxylic acids is 2. The molecule has 1 atom stereocenters. The Bertz CT molecular complexity index is 731. The highest BCUT2D eigenvalue weighted by Gasteiger charge is 2.29. The maximum atomic E-state index is 11.9. The molecule has 0 fully saturated rings. The molecule has 3 rings (SSSR count). The number of benzene rings is 1. The van der Waals surface area contributed by atoms with Crippen molar-refractivity contribution in [1.29, 1.82) is 0 Å². The largest absolute Gasteiger partial charge is 0.478 e. The Morgan fingerprint density at radius 3 is 3.04 bits per heavy atom. The van der Waals surface area contributed by atoms with Crippen LogP contribution < -0.4 is 15.4 Å². The van der Waals surface area contributed by atoms with Crippen LogP contribution in [-0.4, -0.2) is 34.2 Å². The fourth-order valence-electron chi connectivity index (χ4n) is 2.24. The number of nitrogens with one attached hydrogen (secondary N) is 2. The lowest BCUT2D eigenvalue weighted by atomic mass is 10.1. The van der Waals surface area contributed by atoms with Crippen LogP contribution in [-0.2, 0) is 16.1 Å². The third-order valence-corrected chi connectivity index (χ3v) is 3.54. The van der Waals surface area contributed by atoms with Gasteiger partial charge in [0, 0.05) is 12.7 Å². The number of rotatable bonds is 5. The molecule has 0 aliphatic carbocycles. The topological polar surface area (TPSA) is 85.2 Å². The van der Waals surface area contributed by atoms with Crippen LogP contribution in [0, 0.1) is 0 Å². The Morgan fingerprint density at radius 1 is 1.43 bits per heavy atom. The molecule has 120 valence electrons. The minimum Gasteiger partial charge on any atom is -0.478 e. The van der Waals surface area contributed by atoms with Crippen LogP contribution >= 0.6 is 11.6 Å². The lowest BCUT2D eigenvalue weighted by molar-refractivity contribution is -0.130. The van der Waals surface area contributed by atoms with Gasteiger partial charge in [0.25, 0.3) is 5.91 Å². The third kappa shape index (κ3) is 3.81. The smallest absolute Gasteiger partial charge is 0.266 e. The molecule has 2 amide bonds. The molecule has 0 bridgehead atoms. The van der Waals surface area contributed by atoms with Gasteiger partial charge in [-0.3, -0.25) is 14.3 Å². The van der Waals surface area contributed by atoms with Gasteiger partial charge < -0.3 is 15.4 Å². The maximum Gasteiger partial charge on any atom is 0.266 e. The Kier molecular flexibility index (Phi) is 4.47. The zero-order valence-electron chi connectivity index (χ0n) is 12.2. The quantitative estimate of drug-likeness (QED) is 0.866. The van der Waals surface area contributed by atoms with Crippen molar-refractivity contribution in [2.45, 2.75) is 19.1 Å². The third-order valence-electron chi connectivity index (χ3n) is 3.34. The van der Waals surface area contributed by atoms with Crippen LogP contribution in [0.1, 0.15) is 6.42 Å². The predicted octanol–water partition coefficient (Wildman–Crippen LogP) is 1.44. The van der Waals surface area contributed by atoms with Crippen molar-refractivity contribution in [2.24, 2.45) is 0 Å². The van der Waals surface area contributed by atoms with Gasteiger partial charge in [0.15, 0.2) is 6.10 Å². The second kappa shape index (κ2) is 6.70. The number of para-hydroxylation sites is 2. The van der Waals surface area contributed by atoms with Crippen molar-refractivity contribution < 1.29 is 14.3 Å². The second-order valence-corrected chi connectivity index (χ2v) is 5.50. The highest BCUT2D eigenvalue weighted by Crippen LogP contribution is 2.29. The van der Waals surface area contributed by atoms with Crippen molar-refractivity contribution in [1.82, 2.24) is 15.1 Å². The van der Waals surface area contributed by atoms with E-state index in [-0.39, 0.29) is 18.2 Å². The van der Waals surface area contributed by atoms with E-state index < -0.39 is 6.10 Å². The molecule has 2 heterocycles. The van der Waals surface area contributed by atoms with E-state index in [0.29, 0.717) is 29.5 Å². The van der Waals surface area contributed by atoms with E-state index in [2.05, 4.69) is 15.7 Å². The molecule has 1 aliphatic heterocycles. The van der Waals surface area contributed by atoms with E-state index in [1.807, 2.05) is 6.07 Å². The van der Waals surface area contributed by atoms with Crippen LogP contribution in [0.5, 0.6) is 5.75 Å². The number of ether oxygens (including phenoxy) is 1. The summed E-state index contributed by atoms with van der Waals surface area (Å²) in [7, 11) is 0. The summed E-state index contributed by atoms with van der Waals surface area (Å²) in [6, 6.07) is 7.11. The van der Waals surface area contributed by atoms with Gasteiger partial charge in [0.2, 0.25) is 5.91 Å². The van der Waals surface area contributed by atoms with Gasteiger partial charge >= 0.3 is 0 Å². The van der Waals surface area contributed by atoms with Crippen LogP contribution in [0.2, 0.25) is 5.02 Å². The van der Waals surface area contributed by atoms with E-state index in [0.717, 1.165) is 0 Å². The van der Waals surface area contributed by atoms with Gasteiger partial charge in [-0.2, -0.15) is 5.10 Å². The van der Waals surface area contributed by atoms with Gasteiger partial charge in [-0.1, -0.05) is 23.7 Å². The molecule has 2 aromatic rings. The molecule has 1 unspecified atom stereocenters. The number of hydrogen-bond donors (Lipinski definition) is 2. The molecule has 0 saturated heterocycles. The molecule has 2 N–H and O–H groups in total. The first-order valence-electron chi connectivity index (χ1n) is 7.13. The number of aromatic nitrogens is 2. The zero-order chi connectivity index (χ0) is 16.2. The van der Waals surface area contributed by atoms with Crippen LogP contribution in [0.4, 0.5) is 5.69 Å². The number of amides is 2. The second-order valence-electron chi connectivity index (χ2n) is 5.07. The zero-order valence-corrected chi connectivity index (χ0v) is 12.9. The monoisotopic (exact) mass is 334 g/mol. The van der Waals surface area contributed by atoms with E-state index >= 15 is 0 Å². The summed E-state index contributed by atoms with van der Waals surface area (Å²) in [6.45, 7) is 0.890. The molecule has 0 radical (unpaired) electrons. The van der Waals surface area contributed by atoms with Crippen molar-refractivity contribution >= 4 is 29.1 Å². The fraction of sp³-hybridized carbons (Fsp3) is 0.267. The molecule has 1 aliphatic rings. The summed E-state index contributed by atoms with van der Waals surface area (Å²) >= 11 is 5.76. The fourth-order valence-corrected chi connectivity index (χ4v) is 2.39. The van der Waals surface area contributed by atoms with Gasteiger partial charge in [-0.15, -0.1) is 0 Å². The summed E-state index contributed by atoms with van der Waals surface area (Å²) in [5.41, 5.74) is 0.615. The van der Waals surface area contributed by atoms with Gasteiger partial charge in [-0.25, -0.2) is 0 Å². The SMILES string of the molecule is O=C(CC1Oc2ccccc2NC1=O)NCCn1cc(Cl)cn1. The van der Waals surface area contributed by atoms with Crippen LogP contribution in [0.3, 0.4) is 0 Å². The molecule has 1 aromatic heterocycles. The first-order valence-corrected chi connectivity index (χ1v) is 7.51. The summed E-state index contributed by atoms with van der Waals surface area (Å²) < 4.78 is 7.20. The number of fused-ring (bicyclic) bond motifs is 1. The molecule has 7 nitrogen and oxygen atoms in total. The molecule has 0 saturated carbocycles. The Hall–Kier alpha value is -2.54. The van der Waals surface area contributed by atoms with Crippen molar-refractivity contribution in [2.75, 3.05) is 11.9 Å². The summed E-state index contributed by atoms with van der Waals surface area (Å²) in [5, 5.41) is 10.0. The highest BCUT2D eigenvalue weighted by atomic mass is 35.5. The normalized spacial score (nSPS) is 16.2. The molecule has 1 aromatic carbocycles. The first kappa shape index (κ1) is 15.4. The molecule has 0 spiro atoms. The minimum absolute atomic E-state index is 0.0416. The summed E-state index contributed by atoms with van der Waals surface area (Å²) in [6.07, 6.45) is 2.33. The van der Waals surface area contributed by atoms with E-state index in [1.54, 1.807) is 29.1 Å². The average molecular weight is 335 g/mol. The van der Waals surface area contributed by atoms with Gasteiger partial charge in [-0.05, 0) is 12.1 Å². The van der Waals surface area contributed by atoms with Crippen molar-refractivity contribution in [3.05, 3.63) is 41.7 Å². The minimum atomic E-state index is -0.830. The van der Waals surface area contributed by atoms with E-state index in [1.165, 1.54) is 6.20 Å². The van der Waals surface area contributed by atoms with Crippen molar-refractivity contribution in [3.63, 3.8) is 0 Å². The number of carbonyl (C=O) groups is 2. The van der Waals surface area contributed by atoms with Crippen LogP contribution in [0.15, 0.2) is 36.7 Å².